The maximum Gasteiger partial charge on any atom is 0.416 e. The monoisotopic (exact) mass is 622 g/mol. The number of rotatable bonds is 10. The van der Waals surface area contributed by atoms with Crippen molar-refractivity contribution in [1.29, 1.82) is 0 Å². The molecule has 4 atom stereocenters. The van der Waals surface area contributed by atoms with Crippen molar-refractivity contribution >= 4 is 15.7 Å². The molecule has 2 heterocycles. The third-order valence-electron chi connectivity index (χ3n) is 8.94. The number of alkyl halides is 3. The number of hydrogen-bond donors (Lipinski definition) is 1. The quantitative estimate of drug-likeness (QED) is 0.382. The summed E-state index contributed by atoms with van der Waals surface area (Å²) in [5, 5.41) is 3.58. The highest BCUT2D eigenvalue weighted by Gasteiger charge is 2.48. The van der Waals surface area contributed by atoms with E-state index in [1.165, 1.54) is 6.07 Å². The second-order valence-corrected chi connectivity index (χ2v) is 14.5. The molecule has 43 heavy (non-hydrogen) atoms. The lowest BCUT2D eigenvalue weighted by molar-refractivity contribution is -0.182. The molecule has 0 unspecified atom stereocenters. The zero-order valence-corrected chi connectivity index (χ0v) is 25.5. The van der Waals surface area contributed by atoms with Crippen LogP contribution >= 0.6 is 0 Å². The van der Waals surface area contributed by atoms with Gasteiger partial charge in [-0.3, -0.25) is 4.79 Å². The largest absolute Gasteiger partial charge is 0.416 e. The van der Waals surface area contributed by atoms with Gasteiger partial charge >= 0.3 is 6.18 Å². The molecule has 3 aliphatic rings. The van der Waals surface area contributed by atoms with Gasteiger partial charge in [0.1, 0.15) is 0 Å². The molecule has 3 fully saturated rings. The van der Waals surface area contributed by atoms with Gasteiger partial charge in [-0.25, -0.2) is 8.42 Å². The third-order valence-corrected chi connectivity index (χ3v) is 10.8. The van der Waals surface area contributed by atoms with Crippen molar-refractivity contribution in [3.8, 4) is 0 Å². The van der Waals surface area contributed by atoms with Crippen LogP contribution in [0.3, 0.4) is 0 Å². The van der Waals surface area contributed by atoms with Crippen LogP contribution in [0.15, 0.2) is 59.5 Å². The third kappa shape index (κ3) is 7.27. The van der Waals surface area contributed by atoms with Crippen molar-refractivity contribution in [1.82, 2.24) is 10.2 Å². The van der Waals surface area contributed by atoms with E-state index in [9.17, 15) is 26.4 Å². The summed E-state index contributed by atoms with van der Waals surface area (Å²) in [6.07, 6.45) is -1.78. The highest BCUT2D eigenvalue weighted by atomic mass is 32.2. The highest BCUT2D eigenvalue weighted by Crippen LogP contribution is 2.43. The number of benzene rings is 2. The molecule has 11 heteroatoms. The first-order valence-electron chi connectivity index (χ1n) is 15.2. The molecule has 2 aromatic rings. The Labute approximate surface area is 252 Å². The molecule has 0 spiro atoms. The number of halogens is 3. The Hall–Kier alpha value is -2.47. The second-order valence-electron chi connectivity index (χ2n) is 12.5. The van der Waals surface area contributed by atoms with Crippen molar-refractivity contribution in [3.63, 3.8) is 0 Å². The van der Waals surface area contributed by atoms with Gasteiger partial charge in [0, 0.05) is 36.5 Å². The van der Waals surface area contributed by atoms with E-state index in [-0.39, 0.29) is 59.8 Å². The van der Waals surface area contributed by atoms with E-state index in [0.29, 0.717) is 31.7 Å². The number of carbonyl (C=O) groups is 1. The fraction of sp³-hybridized carbons (Fsp3) is 0.594. The summed E-state index contributed by atoms with van der Waals surface area (Å²) in [6.45, 7) is 5.97. The lowest BCUT2D eigenvalue weighted by atomic mass is 9.81. The van der Waals surface area contributed by atoms with E-state index >= 15 is 0 Å². The predicted molar refractivity (Wildman–Crippen MR) is 156 cm³/mol. The molecule has 0 radical (unpaired) electrons. The Morgan fingerprint density at radius 2 is 1.74 bits per heavy atom. The Kier molecular flexibility index (Phi) is 9.56. The van der Waals surface area contributed by atoms with Crippen molar-refractivity contribution < 1.29 is 35.9 Å². The zero-order chi connectivity index (χ0) is 30.8. The SMILES string of the molecule is CC(C)CN[C@@H]1CC[C@H](N2CC[C@@H](CC3(c4cccc(C(F)(F)F)c4)OCCO3)C2=O)[C@H](CS(=O)(=O)c2ccccc2)C1. The van der Waals surface area contributed by atoms with E-state index in [4.69, 9.17) is 9.47 Å². The van der Waals surface area contributed by atoms with Crippen LogP contribution in [0.25, 0.3) is 0 Å². The van der Waals surface area contributed by atoms with Crippen LogP contribution in [0.2, 0.25) is 0 Å². The van der Waals surface area contributed by atoms with Gasteiger partial charge in [-0.1, -0.05) is 44.2 Å². The van der Waals surface area contributed by atoms with Crippen molar-refractivity contribution in [2.24, 2.45) is 17.8 Å². The maximum atomic E-state index is 13.9. The van der Waals surface area contributed by atoms with Crippen LogP contribution < -0.4 is 5.32 Å². The molecular weight excluding hydrogens is 581 g/mol. The molecule has 5 rings (SSSR count). The van der Waals surface area contributed by atoms with Crippen molar-refractivity contribution in [2.75, 3.05) is 32.1 Å². The number of hydrogen-bond acceptors (Lipinski definition) is 6. The summed E-state index contributed by atoms with van der Waals surface area (Å²) in [5.41, 5.74) is -0.553. The highest BCUT2D eigenvalue weighted by molar-refractivity contribution is 7.91. The fourth-order valence-electron chi connectivity index (χ4n) is 6.83. The van der Waals surface area contributed by atoms with E-state index in [1.807, 2.05) is 4.90 Å². The molecule has 2 aliphatic heterocycles. The molecule has 1 amide bonds. The Balaban J connectivity index is 1.35. The predicted octanol–water partition coefficient (Wildman–Crippen LogP) is 5.40. The van der Waals surface area contributed by atoms with Gasteiger partial charge in [0.25, 0.3) is 0 Å². The maximum absolute atomic E-state index is 13.9. The number of nitrogens with zero attached hydrogens (tertiary/aromatic N) is 1. The lowest BCUT2D eigenvalue weighted by Crippen LogP contribution is -2.51. The molecule has 236 valence electrons. The first-order chi connectivity index (χ1) is 20.4. The summed E-state index contributed by atoms with van der Waals surface area (Å²) in [4.78, 5) is 16.0. The average Bonchev–Trinajstić information content (AvgIpc) is 3.59. The lowest BCUT2D eigenvalue weighted by Gasteiger charge is -2.41. The number of likely N-dealkylation sites (tertiary alicyclic amines) is 1. The van der Waals surface area contributed by atoms with Crippen molar-refractivity contribution in [2.45, 2.75) is 74.9 Å². The molecular formula is C32H41F3N2O5S. The summed E-state index contributed by atoms with van der Waals surface area (Å²) < 4.78 is 79.3. The Bertz CT molecular complexity index is 1360. The standard InChI is InChI=1S/C32H41F3N2O5S/c1-22(2)20-36-27-11-12-29(24(17-27)21-43(39,40)28-9-4-3-5-10-28)37-14-13-23(30(37)38)19-31(41-15-16-42-31)25-7-6-8-26(18-25)32(33,34)35/h3-10,18,22-24,27,29,36H,11-17,19-21H2,1-2H3/t23-,24-,27+,29-/m0/s1. The fourth-order valence-corrected chi connectivity index (χ4v) is 8.51. The number of nitrogens with one attached hydrogen (secondary N) is 1. The minimum atomic E-state index is -4.52. The van der Waals surface area contributed by atoms with Gasteiger partial charge in [0.2, 0.25) is 5.91 Å². The number of ether oxygens (including phenoxy) is 2. The van der Waals surface area contributed by atoms with E-state index < -0.39 is 33.3 Å². The van der Waals surface area contributed by atoms with Gasteiger partial charge in [0.05, 0.1) is 29.4 Å². The molecule has 0 aromatic heterocycles. The smallest absolute Gasteiger partial charge is 0.343 e. The van der Waals surface area contributed by atoms with E-state index in [2.05, 4.69) is 19.2 Å². The summed E-state index contributed by atoms with van der Waals surface area (Å²) >= 11 is 0. The normalized spacial score (nSPS) is 26.4. The average molecular weight is 623 g/mol. The minimum Gasteiger partial charge on any atom is -0.343 e. The zero-order valence-electron chi connectivity index (χ0n) is 24.7. The van der Waals surface area contributed by atoms with Crippen LogP contribution in [0.4, 0.5) is 13.2 Å². The van der Waals surface area contributed by atoms with Gasteiger partial charge < -0.3 is 19.7 Å². The van der Waals surface area contributed by atoms with Gasteiger partial charge in [-0.2, -0.15) is 13.2 Å². The van der Waals surface area contributed by atoms with E-state index in [1.54, 1.807) is 36.4 Å². The van der Waals surface area contributed by atoms with Gasteiger partial charge in [0.15, 0.2) is 15.6 Å². The Morgan fingerprint density at radius 3 is 2.42 bits per heavy atom. The van der Waals surface area contributed by atoms with Crippen molar-refractivity contribution in [3.05, 3.63) is 65.7 Å². The molecule has 1 saturated carbocycles. The first kappa shape index (κ1) is 31.9. The summed E-state index contributed by atoms with van der Waals surface area (Å²) in [7, 11) is -3.59. The number of sulfone groups is 1. The first-order valence-corrected chi connectivity index (χ1v) is 16.8. The molecule has 1 N–H and O–H groups in total. The molecule has 7 nitrogen and oxygen atoms in total. The summed E-state index contributed by atoms with van der Waals surface area (Å²) in [6, 6.07) is 13.2. The van der Waals surface area contributed by atoms with E-state index in [0.717, 1.165) is 25.1 Å². The minimum absolute atomic E-state index is 0.0591. The molecule has 2 aromatic carbocycles. The van der Waals surface area contributed by atoms with Crippen LogP contribution in [0.5, 0.6) is 0 Å². The molecule has 1 aliphatic carbocycles. The van der Waals surface area contributed by atoms with Crippen LogP contribution in [0, 0.1) is 17.8 Å². The van der Waals surface area contributed by atoms with Crippen LogP contribution in [0.1, 0.15) is 57.1 Å². The summed E-state index contributed by atoms with van der Waals surface area (Å²) in [5.74, 6) is -1.94. The number of carbonyl (C=O) groups excluding carboxylic acids is 1. The topological polar surface area (TPSA) is 84.9 Å². The van der Waals surface area contributed by atoms with Crippen LogP contribution in [-0.2, 0) is 36.1 Å². The number of amides is 1. The van der Waals surface area contributed by atoms with Gasteiger partial charge in [-0.05, 0) is 68.3 Å². The second kappa shape index (κ2) is 12.9. The molecule has 0 bridgehead atoms. The van der Waals surface area contributed by atoms with Gasteiger partial charge in [-0.15, -0.1) is 0 Å². The van der Waals surface area contributed by atoms with Crippen LogP contribution in [-0.4, -0.2) is 63.4 Å². The molecule has 2 saturated heterocycles. The Morgan fingerprint density at radius 1 is 1.02 bits per heavy atom.